The van der Waals surface area contributed by atoms with E-state index in [-0.39, 0.29) is 68.6 Å². The van der Waals surface area contributed by atoms with Crippen molar-refractivity contribution in [2.24, 2.45) is 52.6 Å². The summed E-state index contributed by atoms with van der Waals surface area (Å²) in [5, 5.41) is 43.1. The second-order valence-corrected chi connectivity index (χ2v) is 30.6. The number of nitrogens with zero attached hydrogens (tertiary/aromatic N) is 1. The average molecular weight is 1460 g/mol. The third-order valence-corrected chi connectivity index (χ3v) is 18.8. The Morgan fingerprint density at radius 3 is 1.68 bits per heavy atom. The number of rotatable bonds is 30. The Labute approximate surface area is 613 Å². The molecule has 584 valence electrons. The lowest BCUT2D eigenvalue weighted by atomic mass is 9.91. The number of likely N-dealkylation sites (tertiary alicyclic amines) is 1. The number of carbonyl (C=O) groups is 14. The van der Waals surface area contributed by atoms with E-state index in [0.29, 0.717) is 18.4 Å². The van der Waals surface area contributed by atoms with Gasteiger partial charge in [-0.2, -0.15) is 0 Å². The summed E-state index contributed by atoms with van der Waals surface area (Å²) in [7, 11) is 0. The number of ether oxygens (including phenoxy) is 1. The zero-order valence-electron chi connectivity index (χ0n) is 64.8. The maximum Gasteiger partial charge on any atom is 0.329 e. The van der Waals surface area contributed by atoms with Gasteiger partial charge in [0.2, 0.25) is 70.9 Å². The lowest BCUT2D eigenvalue weighted by Gasteiger charge is -2.34. The Balaban J connectivity index is 2.01. The van der Waals surface area contributed by atoms with Gasteiger partial charge in [-0.25, -0.2) is 4.79 Å². The number of hydrogen-bond donors (Lipinski definition) is 14. The van der Waals surface area contributed by atoms with Gasteiger partial charge in [0, 0.05) is 19.4 Å². The molecular formula is C74H122N14O16. The van der Waals surface area contributed by atoms with Gasteiger partial charge in [0.1, 0.15) is 84.3 Å². The number of cyclic esters (lactones) is 1. The molecule has 2 aliphatic heterocycles. The van der Waals surface area contributed by atoms with E-state index in [1.807, 2.05) is 20.8 Å². The van der Waals surface area contributed by atoms with Crippen LogP contribution in [-0.4, -0.2) is 191 Å². The molecule has 1 aromatic rings. The molecule has 15 N–H and O–H groups in total. The van der Waals surface area contributed by atoms with Crippen molar-refractivity contribution in [1.29, 1.82) is 0 Å². The summed E-state index contributed by atoms with van der Waals surface area (Å²) in [5.41, 5.74) is 5.95. The molecule has 0 radical (unpaired) electrons. The minimum Gasteiger partial charge on any atom is -0.458 e. The number of hydrogen-bond acceptors (Lipinski definition) is 17. The largest absolute Gasteiger partial charge is 0.458 e. The van der Waals surface area contributed by atoms with Crippen molar-refractivity contribution >= 4 is 82.8 Å². The SMILES string of the molecule is C/C=C1\NC(=O)[C@H](Cc2ccccc2)NC(=O)[C@@H](C(C)C)NC(=O)[C@@H]([C@@H](C)CC)NC(=O)[C@H](NC(=O)[C@H](NC(=O)[C@H](CCCN)NC(=O)[C@H]2CCCN2C(=O)[C@H](NC(=O)[C@@H](NC(=O)[C@@H](NC(=O)[C@H](NC(=O)CC(C)(C)C)C(C)C)[C@@H](C)O)C(C)C)C(C)C)[C@@H](C)CC)[C@@H](C)OC(=O)[C@H](C(C)C)NC1=O. The Morgan fingerprint density at radius 2 is 1.16 bits per heavy atom. The van der Waals surface area contributed by atoms with E-state index in [9.17, 15) is 62.6 Å². The van der Waals surface area contributed by atoms with Crippen LogP contribution in [0.2, 0.25) is 0 Å². The topological polar surface area (TPSA) is 442 Å². The molecule has 2 aliphatic rings. The molecule has 1 aromatic carbocycles. The number of carbonyl (C=O) groups excluding carboxylic acids is 14. The molecule has 104 heavy (non-hydrogen) atoms. The van der Waals surface area contributed by atoms with Gasteiger partial charge in [-0.1, -0.05) is 167 Å². The van der Waals surface area contributed by atoms with Crippen LogP contribution < -0.4 is 69.5 Å². The Kier molecular flexibility index (Phi) is 36.1. The first kappa shape index (κ1) is 89.7. The lowest BCUT2D eigenvalue weighted by Crippen LogP contribution is -2.64. The molecule has 0 aliphatic carbocycles. The maximum absolute atomic E-state index is 15.0. The standard InChI is InChI=1S/C74H122N14O16/c1-21-42(14)57(69(99)87-60-45(17)104-73(103)56(41(12)13)83-61(91)47(23-3)76-63(93)49(35-46-29-25-24-26-30-46)78-65(95)53(38(6)7)80-68(98)58(43(15)22-2)85-71(60)101)84-62(92)48(31-27-33-75)77-64(94)50-32-28-34-88(50)72(102)55(40(10)11)82-67(97)54(39(8)9)81-70(100)59(44(16)89)86-66(96)52(37(4)5)79-51(90)36-74(18,19)20/h23-26,29-30,37-45,48-50,52-60,89H,21-22,27-28,31-36,75H2,1-20H3,(H,76,93)(H,77,94)(H,78,95)(H,79,90)(H,80,98)(H,81,100)(H,82,97)(H,83,91)(H,84,92)(H,85,101)(H,86,96)(H,87,99)/b47-23-/t42-,43-,44+,45+,48-,49-,50+,52+,53+,54-,55+,56-,57+,58+,59-,60+/m0/s1. The Hall–Kier alpha value is -8.54. The van der Waals surface area contributed by atoms with Gasteiger partial charge in [0.15, 0.2) is 0 Å². The predicted octanol–water partition coefficient (Wildman–Crippen LogP) is 1.45. The zero-order valence-corrected chi connectivity index (χ0v) is 64.8. The summed E-state index contributed by atoms with van der Waals surface area (Å²) in [6.07, 6.45) is -0.484. The first-order valence-electron chi connectivity index (χ1n) is 36.8. The van der Waals surface area contributed by atoms with Gasteiger partial charge in [-0.15, -0.1) is 0 Å². The molecule has 2 saturated heterocycles. The highest BCUT2D eigenvalue weighted by Gasteiger charge is 2.45. The van der Waals surface area contributed by atoms with Crippen LogP contribution in [0.4, 0.5) is 0 Å². The van der Waals surface area contributed by atoms with Crippen LogP contribution >= 0.6 is 0 Å². The van der Waals surface area contributed by atoms with Crippen LogP contribution in [-0.2, 0) is 78.3 Å². The van der Waals surface area contributed by atoms with Crippen LogP contribution in [0.5, 0.6) is 0 Å². The first-order chi connectivity index (χ1) is 48.5. The van der Waals surface area contributed by atoms with Crippen LogP contribution in [0.1, 0.15) is 189 Å². The van der Waals surface area contributed by atoms with E-state index in [0.717, 1.165) is 0 Å². The predicted molar refractivity (Wildman–Crippen MR) is 391 cm³/mol. The summed E-state index contributed by atoms with van der Waals surface area (Å²) in [6, 6.07) is -7.71. The number of aliphatic hydroxyl groups is 1. The van der Waals surface area contributed by atoms with E-state index >= 15 is 9.59 Å². The van der Waals surface area contributed by atoms with E-state index in [4.69, 9.17) is 10.5 Å². The van der Waals surface area contributed by atoms with E-state index in [1.165, 1.54) is 31.7 Å². The number of aliphatic hydroxyl groups excluding tert-OH is 1. The molecule has 0 aromatic heterocycles. The van der Waals surface area contributed by atoms with Crippen molar-refractivity contribution in [2.75, 3.05) is 13.1 Å². The van der Waals surface area contributed by atoms with Gasteiger partial charge in [-0.3, -0.25) is 62.3 Å². The molecule has 30 heteroatoms. The number of nitrogens with one attached hydrogen (secondary N) is 12. The summed E-state index contributed by atoms with van der Waals surface area (Å²) in [4.78, 5) is 202. The highest BCUT2D eigenvalue weighted by Crippen LogP contribution is 2.24. The number of allylic oxidation sites excluding steroid dienone is 1. The molecule has 2 heterocycles. The van der Waals surface area contributed by atoms with E-state index in [1.54, 1.807) is 127 Å². The minimum absolute atomic E-state index is 0.0358. The van der Waals surface area contributed by atoms with Crippen molar-refractivity contribution in [2.45, 2.75) is 275 Å². The van der Waals surface area contributed by atoms with Crippen molar-refractivity contribution in [3.63, 3.8) is 0 Å². The third-order valence-electron chi connectivity index (χ3n) is 18.8. The Bertz CT molecular complexity index is 3170. The van der Waals surface area contributed by atoms with Gasteiger partial charge < -0.3 is 84.3 Å². The Morgan fingerprint density at radius 1 is 0.635 bits per heavy atom. The minimum atomic E-state index is -1.83. The number of amides is 13. The fourth-order valence-electron chi connectivity index (χ4n) is 11.9. The lowest BCUT2D eigenvalue weighted by molar-refractivity contribution is -0.157. The molecule has 2 fully saturated rings. The smallest absolute Gasteiger partial charge is 0.329 e. The highest BCUT2D eigenvalue weighted by molar-refractivity contribution is 6.03. The number of esters is 1. The summed E-state index contributed by atoms with van der Waals surface area (Å²) in [6.45, 7) is 33.2. The molecule has 0 unspecified atom stereocenters. The van der Waals surface area contributed by atoms with E-state index in [2.05, 4.69) is 63.8 Å². The van der Waals surface area contributed by atoms with Gasteiger partial charge in [0.25, 0.3) is 5.91 Å². The van der Waals surface area contributed by atoms with Gasteiger partial charge >= 0.3 is 5.97 Å². The maximum atomic E-state index is 15.0. The average Bonchev–Trinajstić information content (AvgIpc) is 1.57. The van der Waals surface area contributed by atoms with Crippen LogP contribution in [0.3, 0.4) is 0 Å². The van der Waals surface area contributed by atoms with Crippen LogP contribution in [0.25, 0.3) is 0 Å². The molecule has 3 rings (SSSR count). The van der Waals surface area contributed by atoms with Crippen LogP contribution in [0.15, 0.2) is 42.1 Å². The van der Waals surface area contributed by atoms with E-state index < -0.39 is 203 Å². The number of benzene rings is 1. The molecule has 13 amide bonds. The van der Waals surface area contributed by atoms with Crippen LogP contribution in [0, 0.1) is 46.8 Å². The fourth-order valence-corrected chi connectivity index (χ4v) is 11.9. The summed E-state index contributed by atoms with van der Waals surface area (Å²) in [5.74, 6) is -15.6. The van der Waals surface area contributed by atoms with Crippen molar-refractivity contribution in [1.82, 2.24) is 68.7 Å². The zero-order chi connectivity index (χ0) is 78.9. The molecule has 0 bridgehead atoms. The van der Waals surface area contributed by atoms with Crippen molar-refractivity contribution in [3.05, 3.63) is 47.7 Å². The monoisotopic (exact) mass is 1460 g/mol. The quantitative estimate of drug-likeness (QED) is 0.0383. The fraction of sp³-hybridized carbons (Fsp3) is 0.703. The molecule has 30 nitrogen and oxygen atoms in total. The normalized spacial score (nSPS) is 22.8. The van der Waals surface area contributed by atoms with Gasteiger partial charge in [0.05, 0.1) is 6.10 Å². The highest BCUT2D eigenvalue weighted by atomic mass is 16.5. The van der Waals surface area contributed by atoms with Crippen molar-refractivity contribution < 1.29 is 77.0 Å². The van der Waals surface area contributed by atoms with Gasteiger partial charge in [-0.05, 0) is 105 Å². The molecule has 0 saturated carbocycles. The summed E-state index contributed by atoms with van der Waals surface area (Å²) >= 11 is 0. The first-order valence-corrected chi connectivity index (χ1v) is 36.8. The molecular weight excluding hydrogens is 1340 g/mol. The molecule has 0 spiro atoms. The second kappa shape index (κ2) is 41.8. The third kappa shape index (κ3) is 26.9. The second-order valence-electron chi connectivity index (χ2n) is 30.6. The molecule has 16 atom stereocenters. The van der Waals surface area contributed by atoms with Crippen molar-refractivity contribution in [3.8, 4) is 0 Å². The number of nitrogens with two attached hydrogens (primary N) is 1. The summed E-state index contributed by atoms with van der Waals surface area (Å²) < 4.78 is 5.96.